The summed E-state index contributed by atoms with van der Waals surface area (Å²) >= 11 is 0. The van der Waals surface area contributed by atoms with Gasteiger partial charge in [0.05, 0.1) is 13.4 Å². The Hall–Kier alpha value is -2.63. The van der Waals surface area contributed by atoms with E-state index >= 15 is 0 Å². The Morgan fingerprint density at radius 2 is 1.92 bits per heavy atom. The summed E-state index contributed by atoms with van der Waals surface area (Å²) in [5, 5.41) is 3.53. The fraction of sp³-hybridized carbons (Fsp3) is 0.389. The summed E-state index contributed by atoms with van der Waals surface area (Å²) in [5.41, 5.74) is 3.06. The van der Waals surface area contributed by atoms with E-state index in [1.165, 1.54) is 31.2 Å². The smallest absolute Gasteiger partial charge is 0.182 e. The van der Waals surface area contributed by atoms with Gasteiger partial charge < -0.3 is 15.0 Å². The van der Waals surface area contributed by atoms with Crippen LogP contribution in [-0.2, 0) is 5.41 Å². The SMILES string of the molecule is COc1ccc(C2(CNc3ncnc4nc[nH]c34)CCCC2)cc1. The summed E-state index contributed by atoms with van der Waals surface area (Å²) in [6.45, 7) is 0.852. The van der Waals surface area contributed by atoms with Crippen LogP contribution in [0.4, 0.5) is 5.82 Å². The van der Waals surface area contributed by atoms with Crippen molar-refractivity contribution in [1.82, 2.24) is 19.9 Å². The number of nitrogens with zero attached hydrogens (tertiary/aromatic N) is 3. The van der Waals surface area contributed by atoms with Gasteiger partial charge in [0.2, 0.25) is 0 Å². The third-order valence-corrected chi connectivity index (χ3v) is 5.08. The number of hydrogen-bond acceptors (Lipinski definition) is 5. The van der Waals surface area contributed by atoms with Gasteiger partial charge in [-0.1, -0.05) is 25.0 Å². The first-order chi connectivity index (χ1) is 11.8. The highest BCUT2D eigenvalue weighted by Crippen LogP contribution is 2.41. The molecule has 1 aliphatic rings. The van der Waals surface area contributed by atoms with Crippen molar-refractivity contribution in [2.75, 3.05) is 19.0 Å². The number of rotatable bonds is 5. The van der Waals surface area contributed by atoms with E-state index in [9.17, 15) is 0 Å². The molecule has 6 heteroatoms. The largest absolute Gasteiger partial charge is 0.497 e. The molecule has 6 nitrogen and oxygen atoms in total. The molecule has 1 fully saturated rings. The van der Waals surface area contributed by atoms with E-state index < -0.39 is 0 Å². The summed E-state index contributed by atoms with van der Waals surface area (Å²) in [4.78, 5) is 15.9. The minimum atomic E-state index is 0.142. The molecule has 2 aromatic heterocycles. The molecule has 0 aliphatic heterocycles. The molecule has 4 rings (SSSR count). The molecule has 2 heterocycles. The zero-order valence-corrected chi connectivity index (χ0v) is 13.7. The van der Waals surface area contributed by atoms with Crippen molar-refractivity contribution in [2.24, 2.45) is 0 Å². The summed E-state index contributed by atoms with van der Waals surface area (Å²) in [6, 6.07) is 8.48. The number of ether oxygens (including phenoxy) is 1. The molecule has 1 aliphatic carbocycles. The van der Waals surface area contributed by atoms with Crippen molar-refractivity contribution in [2.45, 2.75) is 31.1 Å². The van der Waals surface area contributed by atoms with Gasteiger partial charge in [-0.25, -0.2) is 15.0 Å². The van der Waals surface area contributed by atoms with Gasteiger partial charge in [-0.15, -0.1) is 0 Å². The minimum absolute atomic E-state index is 0.142. The summed E-state index contributed by atoms with van der Waals surface area (Å²) < 4.78 is 5.29. The quantitative estimate of drug-likeness (QED) is 0.753. The predicted molar refractivity (Wildman–Crippen MR) is 93.3 cm³/mol. The Bertz CT molecular complexity index is 821. The molecule has 1 saturated carbocycles. The van der Waals surface area contributed by atoms with Crippen LogP contribution in [0.1, 0.15) is 31.2 Å². The lowest BCUT2D eigenvalue weighted by molar-refractivity contribution is 0.413. The monoisotopic (exact) mass is 323 g/mol. The number of benzene rings is 1. The van der Waals surface area contributed by atoms with E-state index in [4.69, 9.17) is 4.74 Å². The lowest BCUT2D eigenvalue weighted by Crippen LogP contribution is -2.31. The molecule has 124 valence electrons. The van der Waals surface area contributed by atoms with Crippen LogP contribution in [0.3, 0.4) is 0 Å². The van der Waals surface area contributed by atoms with Gasteiger partial charge in [0.25, 0.3) is 0 Å². The van der Waals surface area contributed by atoms with Crippen LogP contribution < -0.4 is 10.1 Å². The lowest BCUT2D eigenvalue weighted by Gasteiger charge is -2.30. The second-order valence-corrected chi connectivity index (χ2v) is 6.39. The van der Waals surface area contributed by atoms with Gasteiger partial charge in [0.1, 0.15) is 17.6 Å². The Balaban J connectivity index is 1.60. The standard InChI is InChI=1S/C18H21N5O/c1-24-14-6-4-13(5-7-14)18(8-2-3-9-18)10-19-16-15-17(21-11-20-15)23-12-22-16/h4-7,11-12H,2-3,8-10H2,1H3,(H2,19,20,21,22,23). The lowest BCUT2D eigenvalue weighted by atomic mass is 9.79. The molecule has 24 heavy (non-hydrogen) atoms. The second-order valence-electron chi connectivity index (χ2n) is 6.39. The number of fused-ring (bicyclic) bond motifs is 1. The number of imidazole rings is 1. The summed E-state index contributed by atoms with van der Waals surface area (Å²) in [5.74, 6) is 1.71. The van der Waals surface area contributed by atoms with E-state index in [0.717, 1.165) is 23.6 Å². The van der Waals surface area contributed by atoms with Crippen molar-refractivity contribution in [1.29, 1.82) is 0 Å². The highest BCUT2D eigenvalue weighted by molar-refractivity contribution is 5.81. The molecule has 0 saturated heterocycles. The predicted octanol–water partition coefficient (Wildman–Crippen LogP) is 3.29. The van der Waals surface area contributed by atoms with Gasteiger partial charge in [-0.3, -0.25) is 0 Å². The molecule has 0 unspecified atom stereocenters. The molecular weight excluding hydrogens is 302 g/mol. The van der Waals surface area contributed by atoms with Gasteiger partial charge >= 0.3 is 0 Å². The van der Waals surface area contributed by atoms with Gasteiger partial charge in [-0.2, -0.15) is 0 Å². The molecular formula is C18H21N5O. The fourth-order valence-electron chi connectivity index (χ4n) is 3.72. The molecule has 0 spiro atoms. The van der Waals surface area contributed by atoms with Crippen LogP contribution in [0.15, 0.2) is 36.9 Å². The Morgan fingerprint density at radius 3 is 2.67 bits per heavy atom. The topological polar surface area (TPSA) is 75.7 Å². The number of methoxy groups -OCH3 is 1. The number of nitrogens with one attached hydrogen (secondary N) is 2. The number of anilines is 1. The second kappa shape index (κ2) is 6.11. The molecule has 0 radical (unpaired) electrons. The Kier molecular flexibility index (Phi) is 3.80. The molecule has 0 atom stereocenters. The zero-order valence-electron chi connectivity index (χ0n) is 13.7. The third-order valence-electron chi connectivity index (χ3n) is 5.08. The number of H-pyrrole nitrogens is 1. The number of aromatic amines is 1. The molecule has 3 aromatic rings. The van der Waals surface area contributed by atoms with Crippen LogP contribution in [0.25, 0.3) is 11.2 Å². The van der Waals surface area contributed by atoms with Crippen LogP contribution in [-0.4, -0.2) is 33.6 Å². The molecule has 0 amide bonds. The average molecular weight is 323 g/mol. The highest BCUT2D eigenvalue weighted by atomic mass is 16.5. The molecule has 1 aromatic carbocycles. The highest BCUT2D eigenvalue weighted by Gasteiger charge is 2.35. The van der Waals surface area contributed by atoms with E-state index in [1.807, 2.05) is 12.1 Å². The van der Waals surface area contributed by atoms with Crippen molar-refractivity contribution < 1.29 is 4.74 Å². The van der Waals surface area contributed by atoms with E-state index in [1.54, 1.807) is 19.8 Å². The van der Waals surface area contributed by atoms with Crippen LogP contribution in [0.2, 0.25) is 0 Å². The first kappa shape index (κ1) is 14.9. The Labute approximate surface area is 140 Å². The number of aromatic nitrogens is 4. The van der Waals surface area contributed by atoms with Crippen molar-refractivity contribution in [3.05, 3.63) is 42.5 Å². The van der Waals surface area contributed by atoms with Gasteiger partial charge in [0, 0.05) is 12.0 Å². The van der Waals surface area contributed by atoms with Crippen LogP contribution in [0, 0.1) is 0 Å². The third kappa shape index (κ3) is 2.58. The van der Waals surface area contributed by atoms with Crippen molar-refractivity contribution >= 4 is 17.0 Å². The first-order valence-corrected chi connectivity index (χ1v) is 8.33. The molecule has 0 bridgehead atoms. The first-order valence-electron chi connectivity index (χ1n) is 8.33. The van der Waals surface area contributed by atoms with Crippen molar-refractivity contribution in [3.8, 4) is 5.75 Å². The molecule has 2 N–H and O–H groups in total. The maximum absolute atomic E-state index is 5.29. The van der Waals surface area contributed by atoms with Crippen LogP contribution >= 0.6 is 0 Å². The van der Waals surface area contributed by atoms with E-state index in [2.05, 4.69) is 37.4 Å². The van der Waals surface area contributed by atoms with E-state index in [0.29, 0.717) is 5.65 Å². The maximum Gasteiger partial charge on any atom is 0.182 e. The normalized spacial score (nSPS) is 16.4. The average Bonchev–Trinajstić information content (AvgIpc) is 3.30. The van der Waals surface area contributed by atoms with Crippen LogP contribution in [0.5, 0.6) is 5.75 Å². The maximum atomic E-state index is 5.29. The summed E-state index contributed by atoms with van der Waals surface area (Å²) in [6.07, 6.45) is 8.10. The zero-order chi connectivity index (χ0) is 16.4. The van der Waals surface area contributed by atoms with Gasteiger partial charge in [-0.05, 0) is 30.5 Å². The fourth-order valence-corrected chi connectivity index (χ4v) is 3.72. The van der Waals surface area contributed by atoms with Crippen molar-refractivity contribution in [3.63, 3.8) is 0 Å². The minimum Gasteiger partial charge on any atom is -0.497 e. The van der Waals surface area contributed by atoms with E-state index in [-0.39, 0.29) is 5.41 Å². The Morgan fingerprint density at radius 1 is 1.12 bits per heavy atom. The summed E-state index contributed by atoms with van der Waals surface area (Å²) in [7, 11) is 1.70. The van der Waals surface area contributed by atoms with Gasteiger partial charge in [0.15, 0.2) is 11.5 Å². The number of hydrogen-bond donors (Lipinski definition) is 2.